The van der Waals surface area contributed by atoms with Gasteiger partial charge in [0.1, 0.15) is 5.75 Å². The maximum Gasteiger partial charge on any atom is 0.248 e. The van der Waals surface area contributed by atoms with Crippen molar-refractivity contribution in [2.24, 2.45) is 0 Å². The van der Waals surface area contributed by atoms with Crippen molar-refractivity contribution in [3.05, 3.63) is 42.5 Å². The van der Waals surface area contributed by atoms with E-state index >= 15 is 0 Å². The van der Waals surface area contributed by atoms with Crippen LogP contribution in [0.4, 0.5) is 5.69 Å². The van der Waals surface area contributed by atoms with Crippen LogP contribution in [0, 0.1) is 0 Å². The highest BCUT2D eigenvalue weighted by molar-refractivity contribution is 7.89. The number of hydrogen-bond donors (Lipinski definition) is 1. The Labute approximate surface area is 156 Å². The monoisotopic (exact) mass is 380 g/mol. The molecule has 0 atom stereocenters. The van der Waals surface area contributed by atoms with Crippen LogP contribution in [-0.2, 0) is 14.8 Å². The second-order valence-electron chi connectivity index (χ2n) is 5.79. The third-order valence-corrected chi connectivity index (χ3v) is 5.51. The van der Waals surface area contributed by atoms with Crippen molar-refractivity contribution in [3.8, 4) is 5.75 Å². The minimum absolute atomic E-state index is 0.116. The molecule has 0 bridgehead atoms. The Morgan fingerprint density at radius 1 is 1.23 bits per heavy atom. The van der Waals surface area contributed by atoms with E-state index in [4.69, 9.17) is 4.74 Å². The third-order valence-electron chi connectivity index (χ3n) is 3.47. The van der Waals surface area contributed by atoms with E-state index < -0.39 is 10.0 Å². The van der Waals surface area contributed by atoms with Gasteiger partial charge in [-0.3, -0.25) is 4.79 Å². The van der Waals surface area contributed by atoms with E-state index in [2.05, 4.69) is 5.32 Å². The fraction of sp³-hybridized carbons (Fsp3) is 0.421. The molecule has 7 heteroatoms. The van der Waals surface area contributed by atoms with Crippen molar-refractivity contribution in [1.82, 2.24) is 4.31 Å². The lowest BCUT2D eigenvalue weighted by atomic mass is 10.2. The molecule has 144 valence electrons. The fourth-order valence-electron chi connectivity index (χ4n) is 2.26. The molecular weight excluding hydrogens is 352 g/mol. The van der Waals surface area contributed by atoms with Crippen LogP contribution in [-0.4, -0.2) is 37.8 Å². The van der Waals surface area contributed by atoms with Gasteiger partial charge in [-0.25, -0.2) is 8.42 Å². The van der Waals surface area contributed by atoms with Gasteiger partial charge in [-0.2, -0.15) is 4.31 Å². The number of carbonyl (C=O) groups excluding carboxylic acids is 1. The molecule has 1 rings (SSSR count). The number of amides is 1. The van der Waals surface area contributed by atoms with Gasteiger partial charge < -0.3 is 10.1 Å². The van der Waals surface area contributed by atoms with Crippen LogP contribution < -0.4 is 10.1 Å². The average Bonchev–Trinajstić information content (AvgIpc) is 2.57. The number of rotatable bonds is 9. The van der Waals surface area contributed by atoms with Crippen LogP contribution in [0.1, 0.15) is 34.6 Å². The molecule has 0 fully saturated rings. The molecule has 0 saturated carbocycles. The SMILES string of the molecule is CC=CC=CC(=O)Nc1cc(S(=O)(=O)N(CC)CC)ccc1OC(C)C. The number of nitrogens with one attached hydrogen (secondary N) is 1. The third kappa shape index (κ3) is 6.00. The van der Waals surface area contributed by atoms with Gasteiger partial charge in [0, 0.05) is 19.2 Å². The van der Waals surface area contributed by atoms with Gasteiger partial charge in [0.25, 0.3) is 0 Å². The van der Waals surface area contributed by atoms with Crippen molar-refractivity contribution in [1.29, 1.82) is 0 Å². The van der Waals surface area contributed by atoms with E-state index in [1.807, 2.05) is 20.8 Å². The number of sulfonamides is 1. The van der Waals surface area contributed by atoms with Crippen LogP contribution in [0.2, 0.25) is 0 Å². The molecule has 0 aliphatic carbocycles. The van der Waals surface area contributed by atoms with Gasteiger partial charge in [0.05, 0.1) is 16.7 Å². The van der Waals surface area contributed by atoms with E-state index in [0.29, 0.717) is 24.5 Å². The molecule has 0 heterocycles. The molecule has 0 radical (unpaired) electrons. The first kappa shape index (κ1) is 21.9. The second-order valence-corrected chi connectivity index (χ2v) is 7.73. The summed E-state index contributed by atoms with van der Waals surface area (Å²) in [6, 6.07) is 4.51. The predicted molar refractivity (Wildman–Crippen MR) is 105 cm³/mol. The van der Waals surface area contributed by atoms with Gasteiger partial charge >= 0.3 is 0 Å². The molecule has 1 aromatic rings. The molecule has 6 nitrogen and oxygen atoms in total. The molecule has 0 spiro atoms. The van der Waals surface area contributed by atoms with Crippen LogP contribution in [0.25, 0.3) is 0 Å². The standard InChI is InChI=1S/C19H28N2O4S/c1-6-9-10-11-19(22)20-17-14-16(12-13-18(17)25-15(4)5)26(23,24)21(7-2)8-3/h6,9-15H,7-8H2,1-5H3,(H,20,22). The van der Waals surface area contributed by atoms with Gasteiger partial charge in [-0.1, -0.05) is 32.1 Å². The Morgan fingerprint density at radius 3 is 2.42 bits per heavy atom. The highest BCUT2D eigenvalue weighted by Crippen LogP contribution is 2.30. The first-order valence-corrected chi connectivity index (χ1v) is 10.1. The maximum atomic E-state index is 12.7. The van der Waals surface area contributed by atoms with Crippen molar-refractivity contribution >= 4 is 21.6 Å². The Kier molecular flexibility index (Phi) is 8.54. The first-order chi connectivity index (χ1) is 12.3. The van der Waals surface area contributed by atoms with Gasteiger partial charge in [-0.05, 0) is 39.0 Å². The molecule has 0 aliphatic rings. The molecule has 1 aromatic carbocycles. The van der Waals surface area contributed by atoms with Crippen LogP contribution in [0.5, 0.6) is 5.75 Å². The normalized spacial score (nSPS) is 12.4. The number of ether oxygens (including phenoxy) is 1. The predicted octanol–water partition coefficient (Wildman–Crippen LogP) is 3.58. The number of benzene rings is 1. The molecule has 26 heavy (non-hydrogen) atoms. The summed E-state index contributed by atoms with van der Waals surface area (Å²) >= 11 is 0. The summed E-state index contributed by atoms with van der Waals surface area (Å²) in [5.41, 5.74) is 0.321. The summed E-state index contributed by atoms with van der Waals surface area (Å²) in [5, 5.41) is 2.69. The molecule has 1 amide bonds. The largest absolute Gasteiger partial charge is 0.489 e. The van der Waals surface area contributed by atoms with E-state index in [0.717, 1.165) is 0 Å². The minimum Gasteiger partial charge on any atom is -0.489 e. The Balaban J connectivity index is 3.28. The van der Waals surface area contributed by atoms with E-state index in [9.17, 15) is 13.2 Å². The van der Waals surface area contributed by atoms with Gasteiger partial charge in [-0.15, -0.1) is 0 Å². The van der Waals surface area contributed by atoms with Crippen molar-refractivity contribution in [3.63, 3.8) is 0 Å². The number of hydrogen-bond acceptors (Lipinski definition) is 4. The van der Waals surface area contributed by atoms with Gasteiger partial charge in [0.15, 0.2) is 0 Å². The molecule has 0 unspecified atom stereocenters. The topological polar surface area (TPSA) is 75.7 Å². The lowest BCUT2D eigenvalue weighted by Crippen LogP contribution is -2.30. The zero-order chi connectivity index (χ0) is 19.7. The molecule has 1 N–H and O–H groups in total. The van der Waals surface area contributed by atoms with Gasteiger partial charge in [0.2, 0.25) is 15.9 Å². The lowest BCUT2D eigenvalue weighted by molar-refractivity contribution is -0.111. The molecule has 0 aliphatic heterocycles. The number of carbonyl (C=O) groups is 1. The van der Waals surface area contributed by atoms with E-state index in [1.54, 1.807) is 38.1 Å². The number of anilines is 1. The highest BCUT2D eigenvalue weighted by Gasteiger charge is 2.23. The van der Waals surface area contributed by atoms with Crippen LogP contribution in [0.15, 0.2) is 47.4 Å². The fourth-order valence-corrected chi connectivity index (χ4v) is 3.75. The average molecular weight is 381 g/mol. The Morgan fingerprint density at radius 2 is 1.88 bits per heavy atom. The number of nitrogens with zero attached hydrogens (tertiary/aromatic N) is 1. The smallest absolute Gasteiger partial charge is 0.248 e. The van der Waals surface area contributed by atoms with Crippen LogP contribution >= 0.6 is 0 Å². The number of allylic oxidation sites excluding steroid dienone is 3. The summed E-state index contributed by atoms with van der Waals surface area (Å²) in [5.74, 6) is 0.0559. The van der Waals surface area contributed by atoms with E-state index in [-0.39, 0.29) is 16.9 Å². The summed E-state index contributed by atoms with van der Waals surface area (Å²) in [6.45, 7) is 9.88. The first-order valence-electron chi connectivity index (χ1n) is 8.67. The zero-order valence-electron chi connectivity index (χ0n) is 16.0. The highest BCUT2D eigenvalue weighted by atomic mass is 32.2. The molecule has 0 aromatic heterocycles. The van der Waals surface area contributed by atoms with Crippen molar-refractivity contribution < 1.29 is 17.9 Å². The van der Waals surface area contributed by atoms with Crippen molar-refractivity contribution in [2.75, 3.05) is 18.4 Å². The molecule has 0 saturated heterocycles. The van der Waals surface area contributed by atoms with Crippen LogP contribution in [0.3, 0.4) is 0 Å². The maximum absolute atomic E-state index is 12.7. The summed E-state index contributed by atoms with van der Waals surface area (Å²) < 4.78 is 32.5. The lowest BCUT2D eigenvalue weighted by Gasteiger charge is -2.20. The molecular formula is C19H28N2O4S. The second kappa shape index (κ2) is 10.1. The summed E-state index contributed by atoms with van der Waals surface area (Å²) in [6.07, 6.45) is 6.38. The summed E-state index contributed by atoms with van der Waals surface area (Å²) in [7, 11) is -3.63. The Bertz CT molecular complexity index is 764. The zero-order valence-corrected chi connectivity index (χ0v) is 16.8. The Hall–Kier alpha value is -2.12. The minimum atomic E-state index is -3.63. The summed E-state index contributed by atoms with van der Waals surface area (Å²) in [4.78, 5) is 12.2. The quantitative estimate of drug-likeness (QED) is 0.525. The van der Waals surface area contributed by atoms with E-state index in [1.165, 1.54) is 22.5 Å². The van der Waals surface area contributed by atoms with Crippen molar-refractivity contribution in [2.45, 2.75) is 45.6 Å².